The van der Waals surface area contributed by atoms with Crippen molar-refractivity contribution in [3.8, 4) is 5.75 Å². The van der Waals surface area contributed by atoms with Gasteiger partial charge in [-0.15, -0.1) is 0 Å². The van der Waals surface area contributed by atoms with Gasteiger partial charge in [0.15, 0.2) is 6.61 Å². The Balaban J connectivity index is 1.63. The quantitative estimate of drug-likeness (QED) is 0.843. The van der Waals surface area contributed by atoms with Gasteiger partial charge in [0, 0.05) is 0 Å². The van der Waals surface area contributed by atoms with Gasteiger partial charge in [-0.25, -0.2) is 4.39 Å². The summed E-state index contributed by atoms with van der Waals surface area (Å²) in [5, 5.41) is 2.68. The molecular formula is C18H15F4NO2. The molecule has 7 heteroatoms. The number of halogens is 4. The fourth-order valence-corrected chi connectivity index (χ4v) is 2.97. The Morgan fingerprint density at radius 2 is 1.92 bits per heavy atom. The molecule has 1 aliphatic rings. The van der Waals surface area contributed by atoms with E-state index in [0.29, 0.717) is 24.0 Å². The standard InChI is InChI=1S/C18H15F4NO2/c19-14-6-3-4-12-11(14)8-9-15(12)23-17(24)10-25-16-7-2-1-5-13(16)18(20,21)22/h1-7,15H,8-10H2,(H,23,24). The van der Waals surface area contributed by atoms with Crippen molar-refractivity contribution in [2.45, 2.75) is 25.1 Å². The molecule has 25 heavy (non-hydrogen) atoms. The molecule has 0 fully saturated rings. The first kappa shape index (κ1) is 17.3. The molecule has 1 N–H and O–H groups in total. The first-order chi connectivity index (χ1) is 11.9. The minimum absolute atomic E-state index is 0.315. The van der Waals surface area contributed by atoms with Crippen molar-refractivity contribution < 1.29 is 27.1 Å². The zero-order valence-electron chi connectivity index (χ0n) is 13.1. The average Bonchev–Trinajstić information content (AvgIpc) is 2.97. The molecule has 2 aromatic rings. The van der Waals surface area contributed by atoms with Gasteiger partial charge in [-0.2, -0.15) is 13.2 Å². The van der Waals surface area contributed by atoms with Crippen LogP contribution in [0.5, 0.6) is 5.75 Å². The van der Waals surface area contributed by atoms with Crippen LogP contribution in [0.4, 0.5) is 17.6 Å². The minimum Gasteiger partial charge on any atom is -0.483 e. The van der Waals surface area contributed by atoms with Crippen molar-refractivity contribution in [1.29, 1.82) is 0 Å². The maximum Gasteiger partial charge on any atom is 0.419 e. The summed E-state index contributed by atoms with van der Waals surface area (Å²) in [5.41, 5.74) is 0.330. The van der Waals surface area contributed by atoms with Crippen LogP contribution in [0.25, 0.3) is 0 Å². The number of benzene rings is 2. The number of alkyl halides is 3. The molecule has 0 saturated heterocycles. The number of ether oxygens (including phenoxy) is 1. The van der Waals surface area contributed by atoms with E-state index < -0.39 is 30.0 Å². The van der Waals surface area contributed by atoms with E-state index in [4.69, 9.17) is 4.74 Å². The molecule has 0 heterocycles. The van der Waals surface area contributed by atoms with E-state index in [0.717, 1.165) is 12.1 Å². The number of hydrogen-bond donors (Lipinski definition) is 1. The lowest BCUT2D eigenvalue weighted by Gasteiger charge is -2.16. The van der Waals surface area contributed by atoms with Gasteiger partial charge in [0.1, 0.15) is 11.6 Å². The summed E-state index contributed by atoms with van der Waals surface area (Å²) in [6, 6.07) is 9.00. The molecule has 0 saturated carbocycles. The lowest BCUT2D eigenvalue weighted by Crippen LogP contribution is -2.32. The number of amides is 1. The predicted octanol–water partition coefficient (Wildman–Crippen LogP) is 4.03. The molecule has 1 aliphatic carbocycles. The Hall–Kier alpha value is -2.57. The van der Waals surface area contributed by atoms with Crippen LogP contribution >= 0.6 is 0 Å². The van der Waals surface area contributed by atoms with Crippen LogP contribution in [0, 0.1) is 5.82 Å². The van der Waals surface area contributed by atoms with E-state index >= 15 is 0 Å². The van der Waals surface area contributed by atoms with Gasteiger partial charge in [-0.3, -0.25) is 4.79 Å². The lowest BCUT2D eigenvalue weighted by atomic mass is 10.1. The minimum atomic E-state index is -4.56. The summed E-state index contributed by atoms with van der Waals surface area (Å²) < 4.78 is 57.4. The molecule has 1 amide bonds. The number of para-hydroxylation sites is 1. The molecule has 0 spiro atoms. The second-order valence-corrected chi connectivity index (χ2v) is 5.75. The third-order valence-electron chi connectivity index (χ3n) is 4.10. The maximum absolute atomic E-state index is 13.7. The highest BCUT2D eigenvalue weighted by molar-refractivity contribution is 5.78. The molecule has 0 bridgehead atoms. The van der Waals surface area contributed by atoms with Crippen molar-refractivity contribution in [3.63, 3.8) is 0 Å². The summed E-state index contributed by atoms with van der Waals surface area (Å²) in [6.45, 7) is -0.547. The average molecular weight is 353 g/mol. The van der Waals surface area contributed by atoms with Gasteiger partial charge in [0.05, 0.1) is 11.6 Å². The molecule has 3 rings (SSSR count). The highest BCUT2D eigenvalue weighted by atomic mass is 19.4. The first-order valence-corrected chi connectivity index (χ1v) is 7.72. The van der Waals surface area contributed by atoms with Crippen LogP contribution in [0.2, 0.25) is 0 Å². The van der Waals surface area contributed by atoms with Crippen molar-refractivity contribution in [3.05, 3.63) is 65.0 Å². The number of hydrogen-bond acceptors (Lipinski definition) is 2. The Morgan fingerprint density at radius 3 is 2.68 bits per heavy atom. The smallest absolute Gasteiger partial charge is 0.419 e. The van der Waals surface area contributed by atoms with Crippen molar-refractivity contribution in [1.82, 2.24) is 5.32 Å². The van der Waals surface area contributed by atoms with Crippen LogP contribution in [-0.2, 0) is 17.4 Å². The molecule has 132 valence electrons. The highest BCUT2D eigenvalue weighted by Gasteiger charge is 2.34. The lowest BCUT2D eigenvalue weighted by molar-refractivity contribution is -0.139. The number of fused-ring (bicyclic) bond motifs is 1. The van der Waals surface area contributed by atoms with Crippen LogP contribution in [-0.4, -0.2) is 12.5 Å². The summed E-state index contributed by atoms with van der Waals surface area (Å²) in [5.74, 6) is -1.27. The van der Waals surface area contributed by atoms with E-state index in [1.54, 1.807) is 12.1 Å². The third-order valence-corrected chi connectivity index (χ3v) is 4.10. The van der Waals surface area contributed by atoms with E-state index in [1.165, 1.54) is 18.2 Å². The SMILES string of the molecule is O=C(COc1ccccc1C(F)(F)F)NC1CCc2c(F)cccc21. The molecule has 2 aromatic carbocycles. The second-order valence-electron chi connectivity index (χ2n) is 5.75. The van der Waals surface area contributed by atoms with E-state index in [1.807, 2.05) is 0 Å². The van der Waals surface area contributed by atoms with E-state index in [2.05, 4.69) is 5.32 Å². The van der Waals surface area contributed by atoms with E-state index in [9.17, 15) is 22.4 Å². The van der Waals surface area contributed by atoms with Crippen LogP contribution in [0.15, 0.2) is 42.5 Å². The molecule has 3 nitrogen and oxygen atoms in total. The van der Waals surface area contributed by atoms with Gasteiger partial charge in [0.2, 0.25) is 0 Å². The summed E-state index contributed by atoms with van der Waals surface area (Å²) in [4.78, 5) is 12.0. The zero-order valence-corrected chi connectivity index (χ0v) is 13.1. The molecule has 1 unspecified atom stereocenters. The Labute approximate surface area is 141 Å². The first-order valence-electron chi connectivity index (χ1n) is 7.72. The monoisotopic (exact) mass is 353 g/mol. The third kappa shape index (κ3) is 3.75. The summed E-state index contributed by atoms with van der Waals surface area (Å²) in [7, 11) is 0. The Bertz CT molecular complexity index is 789. The topological polar surface area (TPSA) is 38.3 Å². The molecule has 0 aliphatic heterocycles. The van der Waals surface area contributed by atoms with Crippen LogP contribution in [0.1, 0.15) is 29.2 Å². The van der Waals surface area contributed by atoms with Crippen molar-refractivity contribution >= 4 is 5.91 Å². The van der Waals surface area contributed by atoms with Crippen molar-refractivity contribution in [2.24, 2.45) is 0 Å². The van der Waals surface area contributed by atoms with Gasteiger partial charge >= 0.3 is 6.18 Å². The Morgan fingerprint density at radius 1 is 1.16 bits per heavy atom. The normalized spacial score (nSPS) is 16.4. The fraction of sp³-hybridized carbons (Fsp3) is 0.278. The number of nitrogens with one attached hydrogen (secondary N) is 1. The maximum atomic E-state index is 13.7. The predicted molar refractivity (Wildman–Crippen MR) is 82.5 cm³/mol. The highest BCUT2D eigenvalue weighted by Crippen LogP contribution is 2.36. The number of carbonyl (C=O) groups is 1. The van der Waals surface area contributed by atoms with Crippen LogP contribution in [0.3, 0.4) is 0 Å². The van der Waals surface area contributed by atoms with Gasteiger partial charge in [0.25, 0.3) is 5.91 Å². The summed E-state index contributed by atoms with van der Waals surface area (Å²) >= 11 is 0. The Kier molecular flexibility index (Phi) is 4.65. The molecule has 1 atom stereocenters. The van der Waals surface area contributed by atoms with E-state index in [-0.39, 0.29) is 11.9 Å². The fourth-order valence-electron chi connectivity index (χ4n) is 2.97. The van der Waals surface area contributed by atoms with Gasteiger partial charge in [-0.1, -0.05) is 24.3 Å². The number of carbonyl (C=O) groups excluding carboxylic acids is 1. The largest absolute Gasteiger partial charge is 0.483 e. The molecule has 0 aromatic heterocycles. The van der Waals surface area contributed by atoms with Gasteiger partial charge < -0.3 is 10.1 Å². The number of rotatable bonds is 4. The zero-order chi connectivity index (χ0) is 18.0. The molecular weight excluding hydrogens is 338 g/mol. The summed E-state index contributed by atoms with van der Waals surface area (Å²) in [6.07, 6.45) is -3.51. The van der Waals surface area contributed by atoms with Crippen LogP contribution < -0.4 is 10.1 Å². The second kappa shape index (κ2) is 6.74. The van der Waals surface area contributed by atoms with Crippen molar-refractivity contribution in [2.75, 3.05) is 6.61 Å². The molecule has 0 radical (unpaired) electrons. The van der Waals surface area contributed by atoms with Gasteiger partial charge in [-0.05, 0) is 42.2 Å².